The number of aliphatic hydroxyl groups excluding tert-OH is 2. The summed E-state index contributed by atoms with van der Waals surface area (Å²) in [4.78, 5) is 0. The van der Waals surface area contributed by atoms with Crippen LogP contribution in [0.1, 0.15) is 19.8 Å². The maximum atomic E-state index is 8.98. The van der Waals surface area contributed by atoms with Gasteiger partial charge in [-0.15, -0.1) is 0 Å². The molecule has 0 heterocycles. The van der Waals surface area contributed by atoms with Crippen LogP contribution in [0.5, 0.6) is 0 Å². The minimum Gasteiger partial charge on any atom is -0.394 e. The van der Waals surface area contributed by atoms with Crippen molar-refractivity contribution in [3.63, 3.8) is 0 Å². The quantitative estimate of drug-likeness (QED) is 0.517. The third-order valence-corrected chi connectivity index (χ3v) is 2.27. The summed E-state index contributed by atoms with van der Waals surface area (Å²) < 4.78 is 0. The Balaban J connectivity index is 1.97. The van der Waals surface area contributed by atoms with Gasteiger partial charge in [0.25, 0.3) is 0 Å². The number of hydrogen-bond acceptors (Lipinski definition) is 3. The summed E-state index contributed by atoms with van der Waals surface area (Å²) in [7, 11) is 0. The van der Waals surface area contributed by atoms with Crippen molar-refractivity contribution in [1.29, 1.82) is 0 Å². The number of aliphatic hydroxyl groups is 2. The monoisotopic (exact) mass is 159 g/mol. The average molecular weight is 159 g/mol. The van der Waals surface area contributed by atoms with Crippen molar-refractivity contribution < 1.29 is 10.2 Å². The Morgan fingerprint density at radius 1 is 1.64 bits per heavy atom. The van der Waals surface area contributed by atoms with Gasteiger partial charge in [-0.2, -0.15) is 0 Å². The van der Waals surface area contributed by atoms with Crippen molar-refractivity contribution in [2.45, 2.75) is 31.9 Å². The standard InChI is InChI=1S/C8H17NO2/c1-2-6-3-8(6)9-4-7(11)5-10/h6-11H,2-5H2,1H3. The highest BCUT2D eigenvalue weighted by Crippen LogP contribution is 2.32. The van der Waals surface area contributed by atoms with Crippen LogP contribution in [0.3, 0.4) is 0 Å². The molecule has 11 heavy (non-hydrogen) atoms. The van der Waals surface area contributed by atoms with E-state index < -0.39 is 6.10 Å². The highest BCUT2D eigenvalue weighted by atomic mass is 16.3. The first-order valence-corrected chi connectivity index (χ1v) is 4.30. The van der Waals surface area contributed by atoms with Crippen LogP contribution >= 0.6 is 0 Å². The normalized spacial score (nSPS) is 31.9. The SMILES string of the molecule is CCC1CC1NCC(O)CO. The molecule has 66 valence electrons. The van der Waals surface area contributed by atoms with Crippen molar-refractivity contribution in [1.82, 2.24) is 5.32 Å². The van der Waals surface area contributed by atoms with E-state index in [1.807, 2.05) is 0 Å². The van der Waals surface area contributed by atoms with E-state index in [0.717, 1.165) is 5.92 Å². The number of hydrogen-bond donors (Lipinski definition) is 3. The van der Waals surface area contributed by atoms with Crippen LogP contribution in [0.4, 0.5) is 0 Å². The van der Waals surface area contributed by atoms with Crippen LogP contribution in [0.25, 0.3) is 0 Å². The Hall–Kier alpha value is -0.120. The maximum absolute atomic E-state index is 8.98. The van der Waals surface area contributed by atoms with Crippen molar-refractivity contribution in [2.75, 3.05) is 13.2 Å². The summed E-state index contributed by atoms with van der Waals surface area (Å²) in [6.45, 7) is 2.56. The molecular weight excluding hydrogens is 142 g/mol. The second kappa shape index (κ2) is 4.04. The molecule has 3 atom stereocenters. The molecule has 3 heteroatoms. The fourth-order valence-electron chi connectivity index (χ4n) is 1.30. The van der Waals surface area contributed by atoms with Gasteiger partial charge >= 0.3 is 0 Å². The zero-order valence-corrected chi connectivity index (χ0v) is 6.95. The lowest BCUT2D eigenvalue weighted by Crippen LogP contribution is -2.31. The molecule has 0 aromatic carbocycles. The largest absolute Gasteiger partial charge is 0.394 e. The first-order chi connectivity index (χ1) is 5.27. The summed E-state index contributed by atoms with van der Waals surface area (Å²) in [5.74, 6) is 0.806. The van der Waals surface area contributed by atoms with Gasteiger partial charge in [0.15, 0.2) is 0 Å². The second-order valence-electron chi connectivity index (χ2n) is 3.26. The van der Waals surface area contributed by atoms with Crippen LogP contribution in [0.15, 0.2) is 0 Å². The van der Waals surface area contributed by atoms with E-state index >= 15 is 0 Å². The smallest absolute Gasteiger partial charge is 0.0895 e. The Kier molecular flexibility index (Phi) is 3.30. The van der Waals surface area contributed by atoms with Gasteiger partial charge in [0.1, 0.15) is 0 Å². The van der Waals surface area contributed by atoms with Gasteiger partial charge in [-0.3, -0.25) is 0 Å². The summed E-state index contributed by atoms with van der Waals surface area (Å²) in [5.41, 5.74) is 0. The fourth-order valence-corrected chi connectivity index (χ4v) is 1.30. The van der Waals surface area contributed by atoms with E-state index in [0.29, 0.717) is 12.6 Å². The summed E-state index contributed by atoms with van der Waals surface area (Å²) in [6, 6.07) is 0.598. The zero-order chi connectivity index (χ0) is 8.27. The van der Waals surface area contributed by atoms with Crippen LogP contribution in [0, 0.1) is 5.92 Å². The van der Waals surface area contributed by atoms with Crippen LogP contribution in [-0.2, 0) is 0 Å². The van der Waals surface area contributed by atoms with Gasteiger partial charge in [0.2, 0.25) is 0 Å². The molecule has 3 nitrogen and oxygen atoms in total. The van der Waals surface area contributed by atoms with Crippen molar-refractivity contribution in [2.24, 2.45) is 5.92 Å². The Morgan fingerprint density at radius 2 is 2.36 bits per heavy atom. The second-order valence-corrected chi connectivity index (χ2v) is 3.26. The Labute approximate surface area is 67.4 Å². The third-order valence-electron chi connectivity index (χ3n) is 2.27. The number of rotatable bonds is 5. The molecule has 0 aliphatic heterocycles. The van der Waals surface area contributed by atoms with Gasteiger partial charge in [0.05, 0.1) is 12.7 Å². The van der Waals surface area contributed by atoms with Gasteiger partial charge in [-0.25, -0.2) is 0 Å². The molecule has 0 saturated heterocycles. The average Bonchev–Trinajstić information content (AvgIpc) is 2.78. The van der Waals surface area contributed by atoms with E-state index in [4.69, 9.17) is 10.2 Å². The van der Waals surface area contributed by atoms with Crippen LogP contribution < -0.4 is 5.32 Å². The van der Waals surface area contributed by atoms with Gasteiger partial charge < -0.3 is 15.5 Å². The minimum absolute atomic E-state index is 0.142. The molecule has 3 unspecified atom stereocenters. The van der Waals surface area contributed by atoms with E-state index in [2.05, 4.69) is 12.2 Å². The van der Waals surface area contributed by atoms with Crippen LogP contribution in [-0.4, -0.2) is 35.5 Å². The lowest BCUT2D eigenvalue weighted by Gasteiger charge is -2.07. The minimum atomic E-state index is -0.590. The molecule has 1 aliphatic carbocycles. The Bertz CT molecular complexity index is 119. The summed E-state index contributed by atoms with van der Waals surface area (Å²) in [6.07, 6.45) is 1.86. The molecule has 1 aliphatic rings. The first kappa shape index (κ1) is 8.97. The van der Waals surface area contributed by atoms with Crippen molar-refractivity contribution >= 4 is 0 Å². The predicted octanol–water partition coefficient (Wildman–Crippen LogP) is -0.272. The topological polar surface area (TPSA) is 52.5 Å². The van der Waals surface area contributed by atoms with Crippen LogP contribution in [0.2, 0.25) is 0 Å². The summed E-state index contributed by atoms with van der Waals surface area (Å²) in [5, 5.41) is 20.7. The van der Waals surface area contributed by atoms with E-state index in [9.17, 15) is 0 Å². The molecule has 1 saturated carbocycles. The Morgan fingerprint density at radius 3 is 2.82 bits per heavy atom. The molecular formula is C8H17NO2. The zero-order valence-electron chi connectivity index (χ0n) is 6.95. The fraction of sp³-hybridized carbons (Fsp3) is 1.00. The maximum Gasteiger partial charge on any atom is 0.0895 e. The molecule has 0 bridgehead atoms. The van der Waals surface area contributed by atoms with E-state index in [1.54, 1.807) is 0 Å². The third kappa shape index (κ3) is 2.77. The highest BCUT2D eigenvalue weighted by Gasteiger charge is 2.34. The predicted molar refractivity (Wildman–Crippen MR) is 43.3 cm³/mol. The van der Waals surface area contributed by atoms with E-state index in [1.165, 1.54) is 12.8 Å². The van der Waals surface area contributed by atoms with Crippen molar-refractivity contribution in [3.8, 4) is 0 Å². The van der Waals surface area contributed by atoms with Crippen molar-refractivity contribution in [3.05, 3.63) is 0 Å². The van der Waals surface area contributed by atoms with E-state index in [-0.39, 0.29) is 6.61 Å². The molecule has 0 aromatic heterocycles. The lowest BCUT2D eigenvalue weighted by molar-refractivity contribution is 0.0938. The first-order valence-electron chi connectivity index (χ1n) is 4.30. The summed E-state index contributed by atoms with van der Waals surface area (Å²) >= 11 is 0. The van der Waals surface area contributed by atoms with Gasteiger partial charge in [-0.1, -0.05) is 13.3 Å². The lowest BCUT2D eigenvalue weighted by atomic mass is 10.3. The molecule has 1 rings (SSSR count). The highest BCUT2D eigenvalue weighted by molar-refractivity contribution is 4.92. The van der Waals surface area contributed by atoms with Gasteiger partial charge in [-0.05, 0) is 12.3 Å². The molecule has 0 amide bonds. The molecule has 0 radical (unpaired) electrons. The van der Waals surface area contributed by atoms with Gasteiger partial charge in [0, 0.05) is 12.6 Å². The molecule has 0 aromatic rings. The molecule has 1 fully saturated rings. The number of nitrogens with one attached hydrogen (secondary N) is 1. The molecule has 3 N–H and O–H groups in total. The molecule has 0 spiro atoms.